The van der Waals surface area contributed by atoms with Crippen molar-refractivity contribution in [1.29, 1.82) is 0 Å². The minimum absolute atomic E-state index is 0.0268. The van der Waals surface area contributed by atoms with Crippen LogP contribution in [-0.4, -0.2) is 25.1 Å². The van der Waals surface area contributed by atoms with Crippen molar-refractivity contribution in [3.63, 3.8) is 0 Å². The Morgan fingerprint density at radius 3 is 2.58 bits per heavy atom. The van der Waals surface area contributed by atoms with Crippen LogP contribution in [0, 0.1) is 19.7 Å². The molecule has 0 fully saturated rings. The van der Waals surface area contributed by atoms with Crippen LogP contribution in [0.2, 0.25) is 0 Å². The second kappa shape index (κ2) is 7.92. The Morgan fingerprint density at radius 1 is 1.21 bits per heavy atom. The molecule has 1 N–H and O–H groups in total. The lowest BCUT2D eigenvalue weighted by Gasteiger charge is -2.09. The highest BCUT2D eigenvalue weighted by molar-refractivity contribution is 7.16. The van der Waals surface area contributed by atoms with Gasteiger partial charge in [-0.2, -0.15) is 0 Å². The molecule has 2 rings (SSSR count). The van der Waals surface area contributed by atoms with Crippen LogP contribution in [0.3, 0.4) is 0 Å². The zero-order chi connectivity index (χ0) is 17.7. The van der Waals surface area contributed by atoms with Gasteiger partial charge in [-0.3, -0.25) is 4.79 Å². The second-order valence-electron chi connectivity index (χ2n) is 5.08. The molecule has 0 radical (unpaired) electrons. The van der Waals surface area contributed by atoms with E-state index in [1.165, 1.54) is 30.4 Å². The summed E-state index contributed by atoms with van der Waals surface area (Å²) in [4.78, 5) is 24.4. The summed E-state index contributed by atoms with van der Waals surface area (Å²) >= 11 is 1.32. The predicted octanol–water partition coefficient (Wildman–Crippen LogP) is 3.70. The lowest BCUT2D eigenvalue weighted by molar-refractivity contribution is -0.114. The van der Waals surface area contributed by atoms with E-state index in [2.05, 4.69) is 5.32 Å². The standard InChI is InChI=1S/C17H18FNO4S/c1-10-11(2)24-16(19-12(3)20)15(10)17(21)23-9-8-22-14-7-5-4-6-13(14)18/h4-7H,8-9H2,1-3H3,(H,19,20). The number of nitrogens with one attached hydrogen (secondary N) is 1. The average Bonchev–Trinajstić information content (AvgIpc) is 2.79. The van der Waals surface area contributed by atoms with E-state index in [0.29, 0.717) is 10.6 Å². The molecule has 0 spiro atoms. The molecule has 24 heavy (non-hydrogen) atoms. The topological polar surface area (TPSA) is 64.6 Å². The van der Waals surface area contributed by atoms with E-state index in [4.69, 9.17) is 9.47 Å². The fourth-order valence-electron chi connectivity index (χ4n) is 2.04. The summed E-state index contributed by atoms with van der Waals surface area (Å²) in [6.45, 7) is 5.04. The zero-order valence-electron chi connectivity index (χ0n) is 13.6. The van der Waals surface area contributed by atoms with E-state index in [1.54, 1.807) is 19.1 Å². The van der Waals surface area contributed by atoms with Gasteiger partial charge in [0.1, 0.15) is 18.2 Å². The molecule has 1 amide bonds. The number of anilines is 1. The molecule has 1 aromatic carbocycles. The van der Waals surface area contributed by atoms with Crippen molar-refractivity contribution in [2.75, 3.05) is 18.5 Å². The summed E-state index contributed by atoms with van der Waals surface area (Å²) in [6, 6.07) is 6.01. The highest BCUT2D eigenvalue weighted by Crippen LogP contribution is 2.32. The maximum atomic E-state index is 13.4. The molecule has 2 aromatic rings. The quantitative estimate of drug-likeness (QED) is 0.637. The van der Waals surface area contributed by atoms with Gasteiger partial charge < -0.3 is 14.8 Å². The van der Waals surface area contributed by atoms with Gasteiger partial charge in [0.15, 0.2) is 11.6 Å². The first-order valence-electron chi connectivity index (χ1n) is 7.32. The van der Waals surface area contributed by atoms with Crippen LogP contribution in [0.1, 0.15) is 27.7 Å². The first-order chi connectivity index (χ1) is 11.4. The van der Waals surface area contributed by atoms with E-state index in [0.717, 1.165) is 10.4 Å². The number of rotatable bonds is 6. The third-order valence-electron chi connectivity index (χ3n) is 3.29. The van der Waals surface area contributed by atoms with Crippen LogP contribution in [0.4, 0.5) is 9.39 Å². The van der Waals surface area contributed by atoms with Gasteiger partial charge in [-0.05, 0) is 31.5 Å². The molecule has 1 aromatic heterocycles. The number of para-hydroxylation sites is 1. The summed E-state index contributed by atoms with van der Waals surface area (Å²) in [7, 11) is 0. The van der Waals surface area contributed by atoms with E-state index in [-0.39, 0.29) is 24.9 Å². The molecule has 1 heterocycles. The molecule has 0 bridgehead atoms. The highest BCUT2D eigenvalue weighted by Gasteiger charge is 2.21. The van der Waals surface area contributed by atoms with Crippen molar-refractivity contribution in [2.24, 2.45) is 0 Å². The number of hydrogen-bond acceptors (Lipinski definition) is 5. The lowest BCUT2D eigenvalue weighted by atomic mass is 10.1. The number of halogens is 1. The maximum Gasteiger partial charge on any atom is 0.341 e. The van der Waals surface area contributed by atoms with Gasteiger partial charge in [0.05, 0.1) is 5.56 Å². The fourth-order valence-corrected chi connectivity index (χ4v) is 3.14. The molecule has 0 aliphatic rings. The molecule has 0 saturated heterocycles. The second-order valence-corrected chi connectivity index (χ2v) is 6.31. The molecular formula is C17H18FNO4S. The van der Waals surface area contributed by atoms with E-state index in [9.17, 15) is 14.0 Å². The Kier molecular flexibility index (Phi) is 5.92. The number of hydrogen-bond donors (Lipinski definition) is 1. The van der Waals surface area contributed by atoms with E-state index < -0.39 is 11.8 Å². The number of thiophene rings is 1. The van der Waals surface area contributed by atoms with Gasteiger partial charge in [-0.25, -0.2) is 9.18 Å². The average molecular weight is 351 g/mol. The number of benzene rings is 1. The van der Waals surface area contributed by atoms with Crippen LogP contribution in [0.15, 0.2) is 24.3 Å². The first kappa shape index (κ1) is 17.9. The maximum absolute atomic E-state index is 13.4. The van der Waals surface area contributed by atoms with Crippen LogP contribution < -0.4 is 10.1 Å². The number of ether oxygens (including phenoxy) is 2. The van der Waals surface area contributed by atoms with Crippen molar-refractivity contribution in [2.45, 2.75) is 20.8 Å². The summed E-state index contributed by atoms with van der Waals surface area (Å²) in [6.07, 6.45) is 0. The summed E-state index contributed by atoms with van der Waals surface area (Å²) in [5, 5.41) is 3.11. The van der Waals surface area contributed by atoms with Crippen LogP contribution in [0.5, 0.6) is 5.75 Å². The molecule has 0 saturated carbocycles. The Hall–Kier alpha value is -2.41. The van der Waals surface area contributed by atoms with Crippen LogP contribution >= 0.6 is 11.3 Å². The predicted molar refractivity (Wildman–Crippen MR) is 90.3 cm³/mol. The molecular weight excluding hydrogens is 333 g/mol. The van der Waals surface area contributed by atoms with E-state index in [1.807, 2.05) is 6.92 Å². The Morgan fingerprint density at radius 2 is 1.92 bits per heavy atom. The first-order valence-corrected chi connectivity index (χ1v) is 8.13. The Labute approximate surface area is 143 Å². The smallest absolute Gasteiger partial charge is 0.341 e. The van der Waals surface area contributed by atoms with Gasteiger partial charge >= 0.3 is 5.97 Å². The molecule has 0 aliphatic heterocycles. The third kappa shape index (κ3) is 4.32. The fraction of sp³-hybridized carbons (Fsp3) is 0.294. The van der Waals surface area contributed by atoms with Gasteiger partial charge in [-0.1, -0.05) is 12.1 Å². The minimum atomic E-state index is -0.544. The Bertz CT molecular complexity index is 757. The van der Waals surface area contributed by atoms with Crippen molar-refractivity contribution in [1.82, 2.24) is 0 Å². The molecule has 128 valence electrons. The number of amides is 1. The van der Waals surface area contributed by atoms with Crippen LogP contribution in [-0.2, 0) is 9.53 Å². The highest BCUT2D eigenvalue weighted by atomic mass is 32.1. The molecule has 0 atom stereocenters. The number of esters is 1. The molecule has 7 heteroatoms. The SMILES string of the molecule is CC(=O)Nc1sc(C)c(C)c1C(=O)OCCOc1ccccc1F. The van der Waals surface area contributed by atoms with Crippen LogP contribution in [0.25, 0.3) is 0 Å². The number of aryl methyl sites for hydroxylation is 1. The summed E-state index contributed by atoms with van der Waals surface area (Å²) < 4.78 is 23.8. The van der Waals surface area contributed by atoms with Crippen molar-refractivity contribution in [3.05, 3.63) is 46.1 Å². The summed E-state index contributed by atoms with van der Waals surface area (Å²) in [5.41, 5.74) is 1.11. The Balaban J connectivity index is 1.95. The van der Waals surface area contributed by atoms with E-state index >= 15 is 0 Å². The number of carbonyl (C=O) groups is 2. The van der Waals surface area contributed by atoms with Crippen molar-refractivity contribution < 1.29 is 23.5 Å². The third-order valence-corrected chi connectivity index (χ3v) is 4.41. The number of carbonyl (C=O) groups excluding carboxylic acids is 2. The van der Waals surface area contributed by atoms with Gasteiger partial charge in [-0.15, -0.1) is 11.3 Å². The monoisotopic (exact) mass is 351 g/mol. The molecule has 0 aliphatic carbocycles. The summed E-state index contributed by atoms with van der Waals surface area (Å²) in [5.74, 6) is -1.16. The largest absolute Gasteiger partial charge is 0.487 e. The normalized spacial score (nSPS) is 10.3. The van der Waals surface area contributed by atoms with Gasteiger partial charge in [0, 0.05) is 11.8 Å². The zero-order valence-corrected chi connectivity index (χ0v) is 14.5. The lowest BCUT2D eigenvalue weighted by Crippen LogP contribution is -2.15. The molecule has 0 unspecified atom stereocenters. The van der Waals surface area contributed by atoms with Gasteiger partial charge in [0.2, 0.25) is 5.91 Å². The van der Waals surface area contributed by atoms with Crippen molar-refractivity contribution in [3.8, 4) is 5.75 Å². The van der Waals surface area contributed by atoms with Crippen molar-refractivity contribution >= 4 is 28.2 Å². The van der Waals surface area contributed by atoms with Gasteiger partial charge in [0.25, 0.3) is 0 Å². The minimum Gasteiger partial charge on any atom is -0.487 e. The molecule has 5 nitrogen and oxygen atoms in total.